The lowest BCUT2D eigenvalue weighted by Gasteiger charge is -2.29. The lowest BCUT2D eigenvalue weighted by atomic mass is 9.82. The number of nitrogens with zero attached hydrogens (tertiary/aromatic N) is 2. The molecule has 0 radical (unpaired) electrons. The maximum atomic E-state index is 5.89. The third-order valence-corrected chi connectivity index (χ3v) is 5.32. The molecule has 3 rings (SSSR count). The molecule has 0 saturated carbocycles. The molecule has 25 heavy (non-hydrogen) atoms. The van der Waals surface area contributed by atoms with Crippen LogP contribution < -0.4 is 0 Å². The molecule has 1 aromatic carbocycles. The van der Waals surface area contributed by atoms with Crippen molar-refractivity contribution in [2.24, 2.45) is 5.41 Å². The summed E-state index contributed by atoms with van der Waals surface area (Å²) < 4.78 is 5.89. The van der Waals surface area contributed by atoms with E-state index in [4.69, 9.17) is 4.74 Å². The first kappa shape index (κ1) is 18.1. The van der Waals surface area contributed by atoms with E-state index in [9.17, 15) is 0 Å². The van der Waals surface area contributed by atoms with E-state index in [-0.39, 0.29) is 5.41 Å². The number of aryl methyl sites for hydroxylation is 2. The van der Waals surface area contributed by atoms with Crippen LogP contribution in [0, 0.1) is 12.3 Å². The van der Waals surface area contributed by atoms with Gasteiger partial charge in [0.05, 0.1) is 6.61 Å². The van der Waals surface area contributed by atoms with Crippen LogP contribution in [0.25, 0.3) is 0 Å². The van der Waals surface area contributed by atoms with Crippen LogP contribution >= 0.6 is 0 Å². The van der Waals surface area contributed by atoms with Gasteiger partial charge in [-0.3, -0.25) is 9.88 Å². The minimum absolute atomic E-state index is 0.281. The van der Waals surface area contributed by atoms with Crippen molar-refractivity contribution in [1.82, 2.24) is 9.88 Å². The summed E-state index contributed by atoms with van der Waals surface area (Å²) in [4.78, 5) is 6.81. The summed E-state index contributed by atoms with van der Waals surface area (Å²) >= 11 is 0. The SMILES string of the molecule is CCOCC1(CCc2ccc(C)cc2)CCN(Cc2cccnc2)C1. The molecule has 134 valence electrons. The van der Waals surface area contributed by atoms with Crippen molar-refractivity contribution in [3.63, 3.8) is 0 Å². The molecule has 0 spiro atoms. The van der Waals surface area contributed by atoms with Gasteiger partial charge < -0.3 is 4.74 Å². The average Bonchev–Trinajstić information content (AvgIpc) is 3.04. The van der Waals surface area contributed by atoms with Crippen molar-refractivity contribution in [2.75, 3.05) is 26.3 Å². The summed E-state index contributed by atoms with van der Waals surface area (Å²) in [7, 11) is 0. The van der Waals surface area contributed by atoms with Crippen LogP contribution in [0.3, 0.4) is 0 Å². The number of hydrogen-bond donors (Lipinski definition) is 0. The van der Waals surface area contributed by atoms with Crippen molar-refractivity contribution < 1.29 is 4.74 Å². The van der Waals surface area contributed by atoms with Crippen LogP contribution in [0.2, 0.25) is 0 Å². The van der Waals surface area contributed by atoms with Crippen LogP contribution in [0.5, 0.6) is 0 Å². The average molecular weight is 338 g/mol. The van der Waals surface area contributed by atoms with E-state index >= 15 is 0 Å². The zero-order valence-corrected chi connectivity index (χ0v) is 15.6. The topological polar surface area (TPSA) is 25.4 Å². The summed E-state index contributed by atoms with van der Waals surface area (Å²) in [5.74, 6) is 0. The van der Waals surface area contributed by atoms with Gasteiger partial charge in [0.1, 0.15) is 0 Å². The summed E-state index contributed by atoms with van der Waals surface area (Å²) in [6.07, 6.45) is 7.37. The zero-order valence-electron chi connectivity index (χ0n) is 15.6. The largest absolute Gasteiger partial charge is 0.381 e. The first-order valence-electron chi connectivity index (χ1n) is 9.44. The van der Waals surface area contributed by atoms with Gasteiger partial charge in [-0.15, -0.1) is 0 Å². The Morgan fingerprint density at radius 3 is 2.72 bits per heavy atom. The van der Waals surface area contributed by atoms with Crippen LogP contribution in [0.15, 0.2) is 48.8 Å². The molecule has 1 aromatic heterocycles. The molecule has 3 heteroatoms. The van der Waals surface area contributed by atoms with Gasteiger partial charge in [0.15, 0.2) is 0 Å². The Hall–Kier alpha value is -1.71. The minimum atomic E-state index is 0.281. The lowest BCUT2D eigenvalue weighted by Crippen LogP contribution is -2.32. The molecule has 1 saturated heterocycles. The van der Waals surface area contributed by atoms with Crippen LogP contribution in [0.1, 0.15) is 36.5 Å². The van der Waals surface area contributed by atoms with Crippen molar-refractivity contribution in [3.05, 3.63) is 65.5 Å². The van der Waals surface area contributed by atoms with E-state index in [0.717, 1.165) is 39.3 Å². The van der Waals surface area contributed by atoms with Crippen LogP contribution in [0.4, 0.5) is 0 Å². The fourth-order valence-corrected chi connectivity index (χ4v) is 3.79. The Balaban J connectivity index is 1.61. The third kappa shape index (κ3) is 5.13. The van der Waals surface area contributed by atoms with E-state index in [1.165, 1.54) is 29.5 Å². The Labute approximate surface area is 152 Å². The summed E-state index contributed by atoms with van der Waals surface area (Å²) in [5.41, 5.74) is 4.35. The molecule has 0 bridgehead atoms. The third-order valence-electron chi connectivity index (χ3n) is 5.32. The smallest absolute Gasteiger partial charge is 0.0535 e. The predicted octanol–water partition coefficient (Wildman–Crippen LogP) is 4.25. The Morgan fingerprint density at radius 1 is 1.16 bits per heavy atom. The molecule has 0 amide bonds. The molecule has 1 aliphatic heterocycles. The van der Waals surface area contributed by atoms with E-state index in [1.54, 1.807) is 0 Å². The molecular weight excluding hydrogens is 308 g/mol. The zero-order chi connectivity index (χ0) is 17.5. The number of hydrogen-bond acceptors (Lipinski definition) is 3. The number of pyridine rings is 1. The lowest BCUT2D eigenvalue weighted by molar-refractivity contribution is 0.0489. The van der Waals surface area contributed by atoms with E-state index < -0.39 is 0 Å². The number of benzene rings is 1. The molecule has 3 nitrogen and oxygen atoms in total. The normalized spacial score (nSPS) is 20.9. The van der Waals surface area contributed by atoms with Gasteiger partial charge in [0.2, 0.25) is 0 Å². The number of rotatable bonds is 8. The van der Waals surface area contributed by atoms with E-state index in [1.807, 2.05) is 18.5 Å². The fraction of sp³-hybridized carbons (Fsp3) is 0.500. The fourth-order valence-electron chi connectivity index (χ4n) is 3.79. The molecule has 2 heterocycles. The van der Waals surface area contributed by atoms with Gasteiger partial charge >= 0.3 is 0 Å². The second-order valence-electron chi connectivity index (χ2n) is 7.44. The molecule has 0 N–H and O–H groups in total. The van der Waals surface area contributed by atoms with Crippen molar-refractivity contribution in [2.45, 2.75) is 39.7 Å². The van der Waals surface area contributed by atoms with E-state index in [2.05, 4.69) is 54.1 Å². The van der Waals surface area contributed by atoms with Gasteiger partial charge in [-0.05, 0) is 56.8 Å². The van der Waals surface area contributed by atoms with Gasteiger partial charge in [0.25, 0.3) is 0 Å². The molecule has 1 aliphatic rings. The van der Waals surface area contributed by atoms with Crippen molar-refractivity contribution >= 4 is 0 Å². The number of aromatic nitrogens is 1. The van der Waals surface area contributed by atoms with Crippen molar-refractivity contribution in [3.8, 4) is 0 Å². The second-order valence-corrected chi connectivity index (χ2v) is 7.44. The quantitative estimate of drug-likeness (QED) is 0.719. The summed E-state index contributed by atoms with van der Waals surface area (Å²) in [5, 5.41) is 0. The van der Waals surface area contributed by atoms with Crippen molar-refractivity contribution in [1.29, 1.82) is 0 Å². The molecular formula is C22H30N2O. The first-order valence-corrected chi connectivity index (χ1v) is 9.44. The summed E-state index contributed by atoms with van der Waals surface area (Å²) in [6, 6.07) is 13.2. The predicted molar refractivity (Wildman–Crippen MR) is 103 cm³/mol. The number of likely N-dealkylation sites (tertiary alicyclic amines) is 1. The highest BCUT2D eigenvalue weighted by Crippen LogP contribution is 2.36. The standard InChI is InChI=1S/C22H30N2O/c1-3-25-18-22(11-10-20-8-6-19(2)7-9-20)12-14-24(17-22)16-21-5-4-13-23-15-21/h4-9,13,15H,3,10-12,14,16-18H2,1-2H3. The van der Waals surface area contributed by atoms with Crippen LogP contribution in [-0.4, -0.2) is 36.2 Å². The van der Waals surface area contributed by atoms with Gasteiger partial charge in [0, 0.05) is 37.5 Å². The Bertz CT molecular complexity index is 641. The highest BCUT2D eigenvalue weighted by Gasteiger charge is 2.37. The molecule has 1 atom stereocenters. The Kier molecular flexibility index (Phi) is 6.22. The molecule has 1 unspecified atom stereocenters. The van der Waals surface area contributed by atoms with Gasteiger partial charge in [-0.2, -0.15) is 0 Å². The molecule has 0 aliphatic carbocycles. The maximum absolute atomic E-state index is 5.89. The second kappa shape index (κ2) is 8.59. The monoisotopic (exact) mass is 338 g/mol. The van der Waals surface area contributed by atoms with Gasteiger partial charge in [-0.25, -0.2) is 0 Å². The van der Waals surface area contributed by atoms with Gasteiger partial charge in [-0.1, -0.05) is 35.9 Å². The highest BCUT2D eigenvalue weighted by atomic mass is 16.5. The maximum Gasteiger partial charge on any atom is 0.0535 e. The first-order chi connectivity index (χ1) is 12.2. The highest BCUT2D eigenvalue weighted by molar-refractivity contribution is 5.21. The number of ether oxygens (including phenoxy) is 1. The molecule has 1 fully saturated rings. The van der Waals surface area contributed by atoms with Crippen LogP contribution in [-0.2, 0) is 17.7 Å². The Morgan fingerprint density at radius 2 is 2.00 bits per heavy atom. The molecule has 2 aromatic rings. The van der Waals surface area contributed by atoms with E-state index in [0.29, 0.717) is 0 Å². The summed E-state index contributed by atoms with van der Waals surface area (Å²) in [6.45, 7) is 9.17. The minimum Gasteiger partial charge on any atom is -0.381 e.